The van der Waals surface area contributed by atoms with Gasteiger partial charge < -0.3 is 20.1 Å². The molecule has 0 radical (unpaired) electrons. The van der Waals surface area contributed by atoms with E-state index in [0.29, 0.717) is 13.0 Å². The molecule has 0 spiro atoms. The fraction of sp³-hybridized carbons (Fsp3) is 0.235. The molecule has 0 fully saturated rings. The van der Waals surface area contributed by atoms with Crippen LogP contribution in [0.4, 0.5) is 11.4 Å². The fourth-order valence-corrected chi connectivity index (χ4v) is 2.60. The van der Waals surface area contributed by atoms with Crippen molar-refractivity contribution in [2.45, 2.75) is 13.3 Å². The van der Waals surface area contributed by atoms with Gasteiger partial charge in [0.25, 0.3) is 0 Å². The molecule has 0 atom stereocenters. The van der Waals surface area contributed by atoms with Gasteiger partial charge in [0, 0.05) is 34.9 Å². The Morgan fingerprint density at radius 1 is 1.13 bits per heavy atom. The van der Waals surface area contributed by atoms with E-state index in [0.717, 1.165) is 32.9 Å². The molecule has 2 aromatic rings. The molecule has 3 rings (SSSR count). The number of amides is 1. The Hall–Kier alpha value is -2.21. The molecule has 0 saturated carbocycles. The van der Waals surface area contributed by atoms with E-state index in [9.17, 15) is 4.79 Å². The van der Waals surface area contributed by atoms with E-state index >= 15 is 0 Å². The van der Waals surface area contributed by atoms with Crippen molar-refractivity contribution in [3.05, 3.63) is 46.4 Å². The normalized spacial score (nSPS) is 12.1. The molecule has 1 heterocycles. The van der Waals surface area contributed by atoms with Crippen molar-refractivity contribution in [3.63, 3.8) is 0 Å². The molecule has 23 heavy (non-hydrogen) atoms. The Kier molecular flexibility index (Phi) is 4.71. The minimum absolute atomic E-state index is 0.0333. The summed E-state index contributed by atoms with van der Waals surface area (Å²) in [5.74, 6) is 1.44. The summed E-state index contributed by atoms with van der Waals surface area (Å²) in [7, 11) is 0. The number of carbonyl (C=O) groups excluding carboxylic acids is 1. The van der Waals surface area contributed by atoms with Crippen LogP contribution in [-0.4, -0.2) is 19.2 Å². The van der Waals surface area contributed by atoms with Crippen LogP contribution in [0.1, 0.15) is 12.0 Å². The van der Waals surface area contributed by atoms with E-state index in [1.54, 1.807) is 0 Å². The topological polar surface area (TPSA) is 59.6 Å². The van der Waals surface area contributed by atoms with Gasteiger partial charge in [-0.15, -0.1) is 0 Å². The molecule has 0 saturated heterocycles. The number of halogens is 1. The van der Waals surface area contributed by atoms with Crippen molar-refractivity contribution in [2.24, 2.45) is 0 Å². The van der Waals surface area contributed by atoms with Crippen molar-refractivity contribution in [2.75, 3.05) is 24.0 Å². The predicted molar refractivity (Wildman–Crippen MR) is 93.2 cm³/mol. The lowest BCUT2D eigenvalue weighted by Crippen LogP contribution is -2.16. The number of anilines is 2. The van der Waals surface area contributed by atoms with Gasteiger partial charge in [0.2, 0.25) is 12.7 Å². The number of carbonyl (C=O) groups is 1. The molecule has 1 amide bonds. The molecule has 120 valence electrons. The van der Waals surface area contributed by atoms with Crippen molar-refractivity contribution < 1.29 is 14.3 Å². The Morgan fingerprint density at radius 2 is 1.91 bits per heavy atom. The summed E-state index contributed by atoms with van der Waals surface area (Å²) in [4.78, 5) is 12.0. The van der Waals surface area contributed by atoms with Crippen LogP contribution in [0.3, 0.4) is 0 Å². The van der Waals surface area contributed by atoms with Gasteiger partial charge in [-0.3, -0.25) is 4.79 Å². The number of rotatable bonds is 5. The summed E-state index contributed by atoms with van der Waals surface area (Å²) in [6.45, 7) is 2.80. The second kappa shape index (κ2) is 6.91. The molecular formula is C17H17BrN2O3. The highest BCUT2D eigenvalue weighted by atomic mass is 79.9. The zero-order chi connectivity index (χ0) is 16.2. The highest BCUT2D eigenvalue weighted by Gasteiger charge is 2.13. The van der Waals surface area contributed by atoms with Crippen LogP contribution in [0.15, 0.2) is 40.9 Å². The van der Waals surface area contributed by atoms with Gasteiger partial charge in [-0.05, 0) is 36.8 Å². The number of nitrogens with one attached hydrogen (secondary N) is 2. The minimum atomic E-state index is -0.0333. The second-order valence-corrected chi connectivity index (χ2v) is 6.11. The lowest BCUT2D eigenvalue weighted by atomic mass is 10.2. The number of benzene rings is 2. The number of aryl methyl sites for hydroxylation is 1. The van der Waals surface area contributed by atoms with Crippen LogP contribution in [-0.2, 0) is 4.79 Å². The highest BCUT2D eigenvalue weighted by Crippen LogP contribution is 2.34. The van der Waals surface area contributed by atoms with Gasteiger partial charge in [0.15, 0.2) is 11.5 Å². The molecule has 0 unspecified atom stereocenters. The first kappa shape index (κ1) is 15.7. The smallest absolute Gasteiger partial charge is 0.231 e. The largest absolute Gasteiger partial charge is 0.454 e. The van der Waals surface area contributed by atoms with Crippen LogP contribution < -0.4 is 20.1 Å². The van der Waals surface area contributed by atoms with E-state index in [-0.39, 0.29) is 12.7 Å². The van der Waals surface area contributed by atoms with Crippen LogP contribution in [0, 0.1) is 6.92 Å². The molecule has 0 aromatic heterocycles. The van der Waals surface area contributed by atoms with Crippen molar-refractivity contribution in [3.8, 4) is 11.5 Å². The lowest BCUT2D eigenvalue weighted by molar-refractivity contribution is -0.115. The van der Waals surface area contributed by atoms with Crippen LogP contribution in [0.25, 0.3) is 0 Å². The zero-order valence-corrected chi connectivity index (χ0v) is 14.3. The van der Waals surface area contributed by atoms with Crippen LogP contribution in [0.2, 0.25) is 0 Å². The molecule has 5 nitrogen and oxygen atoms in total. The van der Waals surface area contributed by atoms with Gasteiger partial charge in [-0.25, -0.2) is 0 Å². The van der Waals surface area contributed by atoms with E-state index < -0.39 is 0 Å². The van der Waals surface area contributed by atoms with E-state index in [4.69, 9.17) is 9.47 Å². The third-order valence-electron chi connectivity index (χ3n) is 3.51. The summed E-state index contributed by atoms with van der Waals surface area (Å²) in [5, 5.41) is 6.09. The van der Waals surface area contributed by atoms with Gasteiger partial charge in [-0.2, -0.15) is 0 Å². The Labute approximate surface area is 143 Å². The summed E-state index contributed by atoms with van der Waals surface area (Å²) in [6, 6.07) is 11.4. The standard InChI is InChI=1S/C17H17BrN2O3/c1-11-2-3-13(8-14(11)18)20-17(21)6-7-19-12-4-5-15-16(9-12)23-10-22-15/h2-5,8-9,19H,6-7,10H2,1H3,(H,20,21). The van der Waals surface area contributed by atoms with Crippen LogP contribution >= 0.6 is 15.9 Å². The van der Waals surface area contributed by atoms with E-state index in [1.807, 2.05) is 43.3 Å². The molecule has 6 heteroatoms. The molecule has 1 aliphatic heterocycles. The molecule has 1 aliphatic rings. The van der Waals surface area contributed by atoms with Gasteiger partial charge >= 0.3 is 0 Å². The van der Waals surface area contributed by atoms with Gasteiger partial charge in [-0.1, -0.05) is 22.0 Å². The average Bonchev–Trinajstić information content (AvgIpc) is 2.98. The number of hydrogen-bond acceptors (Lipinski definition) is 4. The second-order valence-electron chi connectivity index (χ2n) is 5.26. The average molecular weight is 377 g/mol. The maximum absolute atomic E-state index is 12.0. The predicted octanol–water partition coefficient (Wildman–Crippen LogP) is 3.93. The zero-order valence-electron chi connectivity index (χ0n) is 12.7. The third kappa shape index (κ3) is 3.96. The van der Waals surface area contributed by atoms with Crippen molar-refractivity contribution in [1.82, 2.24) is 0 Å². The molecule has 2 N–H and O–H groups in total. The summed E-state index contributed by atoms with van der Waals surface area (Å²) < 4.78 is 11.6. The minimum Gasteiger partial charge on any atom is -0.454 e. The van der Waals surface area contributed by atoms with Crippen molar-refractivity contribution in [1.29, 1.82) is 0 Å². The van der Waals surface area contributed by atoms with Gasteiger partial charge in [0.1, 0.15) is 0 Å². The monoisotopic (exact) mass is 376 g/mol. The fourth-order valence-electron chi connectivity index (χ4n) is 2.22. The summed E-state index contributed by atoms with van der Waals surface area (Å²) >= 11 is 3.46. The first-order valence-electron chi connectivity index (χ1n) is 7.31. The number of fused-ring (bicyclic) bond motifs is 1. The summed E-state index contributed by atoms with van der Waals surface area (Å²) in [5.41, 5.74) is 2.82. The Morgan fingerprint density at radius 3 is 2.74 bits per heavy atom. The number of ether oxygens (including phenoxy) is 2. The maximum atomic E-state index is 12.0. The molecule has 0 bridgehead atoms. The third-order valence-corrected chi connectivity index (χ3v) is 4.36. The quantitative estimate of drug-likeness (QED) is 0.829. The Balaban J connectivity index is 1.48. The van der Waals surface area contributed by atoms with Gasteiger partial charge in [0.05, 0.1) is 0 Å². The lowest BCUT2D eigenvalue weighted by Gasteiger charge is -2.09. The first-order valence-corrected chi connectivity index (χ1v) is 8.10. The van der Waals surface area contributed by atoms with Crippen LogP contribution in [0.5, 0.6) is 11.5 Å². The SMILES string of the molecule is Cc1ccc(NC(=O)CCNc2ccc3c(c2)OCO3)cc1Br. The highest BCUT2D eigenvalue weighted by molar-refractivity contribution is 9.10. The maximum Gasteiger partial charge on any atom is 0.231 e. The Bertz CT molecular complexity index is 734. The first-order chi connectivity index (χ1) is 11.1. The van der Waals surface area contributed by atoms with E-state index in [2.05, 4.69) is 26.6 Å². The molecular weight excluding hydrogens is 360 g/mol. The number of hydrogen-bond donors (Lipinski definition) is 2. The summed E-state index contributed by atoms with van der Waals surface area (Å²) in [6.07, 6.45) is 0.375. The molecule has 0 aliphatic carbocycles. The molecule has 2 aromatic carbocycles. The van der Waals surface area contributed by atoms with E-state index in [1.165, 1.54) is 0 Å². The van der Waals surface area contributed by atoms with Crippen molar-refractivity contribution >= 4 is 33.2 Å².